The summed E-state index contributed by atoms with van der Waals surface area (Å²) in [6.07, 6.45) is -9.28. The van der Waals surface area contributed by atoms with Crippen LogP contribution in [0, 0.1) is 5.92 Å². The summed E-state index contributed by atoms with van der Waals surface area (Å²) in [6.45, 7) is 6.54. The Morgan fingerprint density at radius 1 is 0.982 bits per heavy atom. The molecule has 1 spiro atoms. The lowest BCUT2D eigenvalue weighted by Gasteiger charge is -2.39. The number of fused-ring (bicyclic) bond motifs is 3. The molecule has 0 bridgehead atoms. The third kappa shape index (κ3) is 6.45. The highest BCUT2D eigenvalue weighted by Gasteiger charge is 2.66. The molecule has 3 aromatic carbocycles. The van der Waals surface area contributed by atoms with Gasteiger partial charge in [-0.2, -0.15) is 0 Å². The van der Waals surface area contributed by atoms with Crippen molar-refractivity contribution >= 4 is 42.4 Å². The summed E-state index contributed by atoms with van der Waals surface area (Å²) in [5.74, 6) is -1.14. The van der Waals surface area contributed by atoms with Crippen LogP contribution in [0.2, 0.25) is 18.6 Å². The van der Waals surface area contributed by atoms with Crippen LogP contribution in [0.25, 0.3) is 0 Å². The molecule has 14 nitrogen and oxygen atoms in total. The Kier molecular flexibility index (Phi) is 10.4. The van der Waals surface area contributed by atoms with Gasteiger partial charge in [0.2, 0.25) is 5.91 Å². The van der Waals surface area contributed by atoms with Crippen LogP contribution in [0.3, 0.4) is 0 Å². The first-order chi connectivity index (χ1) is 26.1. The molecule has 0 aromatic heterocycles. The average molecular weight is 776 g/mol. The predicted octanol–water partition coefficient (Wildman–Crippen LogP) is 0.962. The van der Waals surface area contributed by atoms with Gasteiger partial charge in [-0.1, -0.05) is 61.6 Å². The van der Waals surface area contributed by atoms with Crippen molar-refractivity contribution in [1.82, 2.24) is 4.90 Å². The van der Waals surface area contributed by atoms with E-state index in [0.717, 1.165) is 16.3 Å². The number of nitrogens with zero attached hydrogens (tertiary/aromatic N) is 2. The van der Waals surface area contributed by atoms with Crippen LogP contribution in [0.4, 0.5) is 11.4 Å². The first kappa shape index (κ1) is 39.1. The zero-order valence-corrected chi connectivity index (χ0v) is 32.5. The van der Waals surface area contributed by atoms with Crippen LogP contribution in [-0.4, -0.2) is 120 Å². The molecule has 3 amide bonds. The molecular formula is C40H49N3O11Si. The molecule has 294 valence electrons. The smallest absolute Gasteiger partial charge is 0.264 e. The maximum absolute atomic E-state index is 14.6. The van der Waals surface area contributed by atoms with Gasteiger partial charge in [-0.3, -0.25) is 14.4 Å². The number of aliphatic hydroxyl groups is 5. The van der Waals surface area contributed by atoms with E-state index < -0.39 is 68.4 Å². The van der Waals surface area contributed by atoms with E-state index in [1.54, 1.807) is 37.3 Å². The lowest BCUT2D eigenvalue weighted by molar-refractivity contribution is -0.274. The normalized spacial score (nSPS) is 31.7. The monoisotopic (exact) mass is 775 g/mol. The van der Waals surface area contributed by atoms with E-state index >= 15 is 0 Å². The van der Waals surface area contributed by atoms with Gasteiger partial charge in [0, 0.05) is 30.8 Å². The number of methoxy groups -OCH3 is 1. The van der Waals surface area contributed by atoms with E-state index in [0.29, 0.717) is 30.0 Å². The predicted molar refractivity (Wildman–Crippen MR) is 203 cm³/mol. The molecule has 0 aliphatic carbocycles. The molecule has 2 saturated heterocycles. The van der Waals surface area contributed by atoms with Crippen LogP contribution in [0.5, 0.6) is 5.75 Å². The number of aliphatic hydroxyl groups excluding tert-OH is 5. The summed E-state index contributed by atoms with van der Waals surface area (Å²) < 4.78 is 17.6. The van der Waals surface area contributed by atoms with Crippen molar-refractivity contribution in [3.8, 4) is 5.75 Å². The Hall–Kier alpha value is -4.19. The zero-order chi connectivity index (χ0) is 39.6. The van der Waals surface area contributed by atoms with E-state index in [-0.39, 0.29) is 36.1 Å². The number of nitrogens with one attached hydrogen (secondary N) is 1. The molecule has 55 heavy (non-hydrogen) atoms. The molecule has 7 rings (SSSR count). The number of ether oxygens (including phenoxy) is 3. The van der Waals surface area contributed by atoms with Crippen molar-refractivity contribution < 1.29 is 54.1 Å². The highest BCUT2D eigenvalue weighted by atomic mass is 28.3. The molecule has 4 aliphatic heterocycles. The van der Waals surface area contributed by atoms with Crippen LogP contribution in [0.1, 0.15) is 30.0 Å². The van der Waals surface area contributed by atoms with E-state index in [1.807, 2.05) is 55.5 Å². The van der Waals surface area contributed by atoms with Crippen LogP contribution in [0.15, 0.2) is 66.7 Å². The maximum Gasteiger partial charge on any atom is 0.264 e. The molecule has 4 aliphatic rings. The number of benzene rings is 3. The summed E-state index contributed by atoms with van der Waals surface area (Å²) in [4.78, 5) is 45.7. The number of likely N-dealkylation sites (N-methyl/N-ethyl adjacent to an activating group) is 1. The van der Waals surface area contributed by atoms with Crippen molar-refractivity contribution in [2.24, 2.45) is 5.92 Å². The van der Waals surface area contributed by atoms with Gasteiger partial charge >= 0.3 is 0 Å². The second-order valence-corrected chi connectivity index (χ2v) is 20.4. The number of hydrogen-bond donors (Lipinski definition) is 6. The Morgan fingerprint density at radius 2 is 1.67 bits per heavy atom. The molecule has 2 fully saturated rings. The van der Waals surface area contributed by atoms with Crippen molar-refractivity contribution in [3.63, 3.8) is 0 Å². The first-order valence-electron chi connectivity index (χ1n) is 18.5. The van der Waals surface area contributed by atoms with Crippen molar-refractivity contribution in [3.05, 3.63) is 83.4 Å². The molecule has 6 N–H and O–H groups in total. The van der Waals surface area contributed by atoms with Gasteiger partial charge in [0.05, 0.1) is 46.0 Å². The maximum atomic E-state index is 14.6. The summed E-state index contributed by atoms with van der Waals surface area (Å²) >= 11 is 0. The summed E-state index contributed by atoms with van der Waals surface area (Å²) in [5, 5.41) is 54.7. The highest BCUT2D eigenvalue weighted by Crippen LogP contribution is 2.60. The highest BCUT2D eigenvalue weighted by molar-refractivity contribution is 6.91. The van der Waals surface area contributed by atoms with Crippen molar-refractivity contribution in [1.29, 1.82) is 0 Å². The van der Waals surface area contributed by atoms with Gasteiger partial charge in [-0.05, 0) is 53.4 Å². The number of carbonyl (C=O) groups excluding carboxylic acids is 3. The summed E-state index contributed by atoms with van der Waals surface area (Å²) in [6, 6.07) is 20.2. The van der Waals surface area contributed by atoms with Gasteiger partial charge < -0.3 is 54.9 Å². The van der Waals surface area contributed by atoms with Crippen LogP contribution >= 0.6 is 0 Å². The first-order valence-corrected chi connectivity index (χ1v) is 21.6. The number of carbonyl (C=O) groups is 3. The second-order valence-electron chi connectivity index (χ2n) is 15.7. The fourth-order valence-electron chi connectivity index (χ4n) is 9.32. The number of anilines is 2. The van der Waals surface area contributed by atoms with E-state index in [2.05, 4.69) is 18.4 Å². The lowest BCUT2D eigenvalue weighted by atomic mass is 9.82. The molecule has 0 unspecified atom stereocenters. The van der Waals surface area contributed by atoms with Gasteiger partial charge in [0.25, 0.3) is 11.8 Å². The molecule has 4 heterocycles. The summed E-state index contributed by atoms with van der Waals surface area (Å²) in [7, 11) is 0.641. The molecular weight excluding hydrogens is 727 g/mol. The quantitative estimate of drug-likeness (QED) is 0.178. The Labute approximate surface area is 320 Å². The van der Waals surface area contributed by atoms with Gasteiger partial charge in [-0.25, -0.2) is 0 Å². The van der Waals surface area contributed by atoms with Gasteiger partial charge in [0.15, 0.2) is 18.0 Å². The van der Waals surface area contributed by atoms with E-state index in [1.165, 1.54) is 4.90 Å². The third-order valence-electron chi connectivity index (χ3n) is 12.3. The van der Waals surface area contributed by atoms with Crippen molar-refractivity contribution in [2.75, 3.05) is 31.0 Å². The second kappa shape index (κ2) is 14.7. The number of rotatable bonds is 8. The van der Waals surface area contributed by atoms with Crippen LogP contribution in [-0.2, 0) is 42.4 Å². The molecule has 3 aromatic rings. The largest absolute Gasteiger partial charge is 0.497 e. The fourth-order valence-corrected chi connectivity index (χ4v) is 13.3. The van der Waals surface area contributed by atoms with E-state index in [9.17, 15) is 39.9 Å². The van der Waals surface area contributed by atoms with Crippen LogP contribution < -0.4 is 20.1 Å². The lowest BCUT2D eigenvalue weighted by Crippen LogP contribution is -2.60. The molecule has 15 heteroatoms. The van der Waals surface area contributed by atoms with Crippen molar-refractivity contribution in [2.45, 2.75) is 93.4 Å². The standard InChI is InChI=1S/C40H49N3O11Si/c1-21-36(55(4,5)27-13-11-26(52-3)12-14-27)30(18-31(45)43-19-23-9-7-6-8-22(23)16-25(43)20-44)54-40(21)28-17-24(10-15-29(28)42(2)39(40)51)41-37(49)35-33(47)32(46)34(48)38(50)53-35/h6-15,17,21,25,30,32-36,38,44,46-48,50H,16,18-20H2,1-5H3,(H,41,49)/t21-,25+,30+,32+,33+,34-,35+,36-,38-,40+/m1/s1. The minimum absolute atomic E-state index is 0.0296. The summed E-state index contributed by atoms with van der Waals surface area (Å²) in [5.41, 5.74) is 1.58. The SMILES string of the molecule is COc1ccc([Si](C)(C)[C@H]2[C@H](CC(=O)N3Cc4ccccc4C[C@H]3CO)O[C@@]3(C(=O)N(C)c4ccc(NC(=O)[C@H]5O[C@@H](O)[C@H](O)[C@@H](O)[C@@H]5O)cc43)[C@@H]2C)cc1. The third-order valence-corrected chi connectivity index (χ3v) is 16.7. The Bertz CT molecular complexity index is 1960. The Morgan fingerprint density at radius 3 is 2.35 bits per heavy atom. The fraction of sp³-hybridized carbons (Fsp3) is 0.475. The zero-order valence-electron chi connectivity index (χ0n) is 31.5. The average Bonchev–Trinajstić information content (AvgIpc) is 3.59. The van der Waals surface area contributed by atoms with Gasteiger partial charge in [0.1, 0.15) is 24.1 Å². The van der Waals surface area contributed by atoms with Gasteiger partial charge in [-0.15, -0.1) is 0 Å². The minimum atomic E-state index is -2.62. The minimum Gasteiger partial charge on any atom is -0.497 e. The number of amides is 3. The molecule has 0 radical (unpaired) electrons. The topological polar surface area (TPSA) is 199 Å². The molecule has 0 saturated carbocycles. The number of hydrogen-bond acceptors (Lipinski definition) is 11. The molecule has 10 atom stereocenters. The Balaban J connectivity index is 1.25. The van der Waals surface area contributed by atoms with E-state index in [4.69, 9.17) is 14.2 Å².